The average Bonchev–Trinajstić information content (AvgIpc) is 3.49. The molecule has 12 nitrogen and oxygen atoms in total. The van der Waals surface area contributed by atoms with Crippen LogP contribution in [-0.4, -0.2) is 59.5 Å². The number of piperidine rings is 1. The molecule has 4 heterocycles. The van der Waals surface area contributed by atoms with E-state index in [-0.39, 0.29) is 30.3 Å². The van der Waals surface area contributed by atoms with E-state index in [1.54, 1.807) is 13.1 Å². The van der Waals surface area contributed by atoms with Gasteiger partial charge in [0.1, 0.15) is 11.4 Å². The van der Waals surface area contributed by atoms with Crippen molar-refractivity contribution in [3.8, 4) is 11.3 Å². The Morgan fingerprint density at radius 1 is 0.922 bits per heavy atom. The van der Waals surface area contributed by atoms with E-state index in [4.69, 9.17) is 31.3 Å². The second kappa shape index (κ2) is 13.7. The number of hydrogen-bond acceptors (Lipinski definition) is 8. The van der Waals surface area contributed by atoms with Crippen LogP contribution in [0.1, 0.15) is 45.0 Å². The summed E-state index contributed by atoms with van der Waals surface area (Å²) >= 11 is 6.65. The Labute approximate surface area is 299 Å². The molecule has 0 bridgehead atoms. The van der Waals surface area contributed by atoms with Gasteiger partial charge in [0.2, 0.25) is 5.95 Å². The molecule has 0 unspecified atom stereocenters. The van der Waals surface area contributed by atoms with Gasteiger partial charge in [0.15, 0.2) is 11.2 Å². The van der Waals surface area contributed by atoms with Crippen LogP contribution < -0.4 is 21.5 Å². The van der Waals surface area contributed by atoms with Gasteiger partial charge >= 0.3 is 11.8 Å². The van der Waals surface area contributed by atoms with Gasteiger partial charge in [-0.1, -0.05) is 78.3 Å². The Kier molecular flexibility index (Phi) is 9.11. The van der Waals surface area contributed by atoms with Crippen LogP contribution in [-0.2, 0) is 24.9 Å². The van der Waals surface area contributed by atoms with Crippen molar-refractivity contribution in [3.63, 3.8) is 0 Å². The van der Waals surface area contributed by atoms with Crippen LogP contribution in [0.4, 0.5) is 10.7 Å². The molecule has 6 aromatic rings. The zero-order valence-electron chi connectivity index (χ0n) is 29.0. The number of aryl methyl sites for hydroxylation is 1. The fourth-order valence-electron chi connectivity index (χ4n) is 6.59. The summed E-state index contributed by atoms with van der Waals surface area (Å²) < 4.78 is 9.89. The van der Waals surface area contributed by atoms with Crippen LogP contribution in [0.15, 0.2) is 88.5 Å². The number of rotatable bonds is 7. The Bertz CT molecular complexity index is 2380. The molecule has 1 aliphatic rings. The van der Waals surface area contributed by atoms with Crippen molar-refractivity contribution >= 4 is 45.7 Å². The summed E-state index contributed by atoms with van der Waals surface area (Å²) in [6.45, 7) is 6.61. The van der Waals surface area contributed by atoms with Crippen LogP contribution in [0.5, 0.6) is 0 Å². The number of halogens is 1. The minimum Gasteiger partial charge on any atom is -0.444 e. The first kappa shape index (κ1) is 34.0. The Morgan fingerprint density at radius 3 is 2.41 bits per heavy atom. The van der Waals surface area contributed by atoms with Crippen molar-refractivity contribution < 1.29 is 9.53 Å². The van der Waals surface area contributed by atoms with E-state index >= 15 is 0 Å². The van der Waals surface area contributed by atoms with E-state index in [1.165, 1.54) is 9.13 Å². The van der Waals surface area contributed by atoms with E-state index in [0.717, 1.165) is 29.4 Å². The van der Waals surface area contributed by atoms with Crippen LogP contribution in [0.3, 0.4) is 0 Å². The molecule has 0 saturated carbocycles. The number of hydrogen-bond donors (Lipinski definition) is 1. The molecule has 0 radical (unpaired) electrons. The van der Waals surface area contributed by atoms with Gasteiger partial charge in [-0.2, -0.15) is 4.98 Å². The summed E-state index contributed by atoms with van der Waals surface area (Å²) in [6.07, 6.45) is 1.03. The van der Waals surface area contributed by atoms with Crippen LogP contribution in [0.25, 0.3) is 33.3 Å². The monoisotopic (exact) mass is 706 g/mol. The summed E-state index contributed by atoms with van der Waals surface area (Å²) in [5, 5.41) is 4.39. The zero-order valence-corrected chi connectivity index (χ0v) is 29.7. The van der Waals surface area contributed by atoms with Crippen LogP contribution in [0, 0.1) is 0 Å². The maximum atomic E-state index is 14.6. The molecule has 1 saturated heterocycles. The fraction of sp³-hybridized carbons (Fsp3) is 0.316. The lowest BCUT2D eigenvalue weighted by atomic mass is 10.1. The number of para-hydroxylation sites is 1. The summed E-state index contributed by atoms with van der Waals surface area (Å²) in [4.78, 5) is 57.8. The molecule has 3 aromatic carbocycles. The van der Waals surface area contributed by atoms with Gasteiger partial charge in [-0.25, -0.2) is 19.6 Å². The van der Waals surface area contributed by atoms with Crippen molar-refractivity contribution in [2.45, 2.75) is 58.3 Å². The number of alkyl carbamates (subject to hydrolysis) is 1. The van der Waals surface area contributed by atoms with Gasteiger partial charge in [-0.3, -0.25) is 18.5 Å². The molecule has 262 valence electrons. The van der Waals surface area contributed by atoms with Gasteiger partial charge in [0.05, 0.1) is 24.3 Å². The molecule has 13 heteroatoms. The summed E-state index contributed by atoms with van der Waals surface area (Å²) in [7, 11) is 1.61. The largest absolute Gasteiger partial charge is 0.444 e. The molecule has 1 aliphatic heterocycles. The summed E-state index contributed by atoms with van der Waals surface area (Å²) in [5.41, 5.74) is 1.91. The molecule has 1 N–H and O–H groups in total. The average molecular weight is 707 g/mol. The van der Waals surface area contributed by atoms with E-state index in [1.807, 2.05) is 103 Å². The Hall–Kier alpha value is -5.49. The number of ether oxygens (including phenoxy) is 1. The highest BCUT2D eigenvalue weighted by atomic mass is 35.5. The first-order valence-corrected chi connectivity index (χ1v) is 17.3. The van der Waals surface area contributed by atoms with Crippen molar-refractivity contribution in [2.24, 2.45) is 7.05 Å². The van der Waals surface area contributed by atoms with Gasteiger partial charge in [-0.05, 0) is 51.3 Å². The number of carbonyl (C=O) groups excluding carboxylic acids is 1. The minimum absolute atomic E-state index is 0.148. The lowest BCUT2D eigenvalue weighted by Gasteiger charge is -2.34. The number of nitrogens with one attached hydrogen (secondary N) is 1. The fourth-order valence-corrected chi connectivity index (χ4v) is 6.79. The van der Waals surface area contributed by atoms with E-state index in [9.17, 15) is 14.4 Å². The third-order valence-corrected chi connectivity index (χ3v) is 9.29. The number of aromatic nitrogens is 6. The Morgan fingerprint density at radius 2 is 1.65 bits per heavy atom. The number of imidazole rings is 1. The quantitative estimate of drug-likeness (QED) is 0.222. The highest BCUT2D eigenvalue weighted by Gasteiger charge is 2.30. The third-order valence-electron chi connectivity index (χ3n) is 8.92. The van der Waals surface area contributed by atoms with Gasteiger partial charge in [-0.15, -0.1) is 0 Å². The molecule has 0 aliphatic carbocycles. The highest BCUT2D eigenvalue weighted by molar-refractivity contribution is 6.31. The number of anilines is 1. The van der Waals surface area contributed by atoms with E-state index in [0.29, 0.717) is 41.1 Å². The second-order valence-electron chi connectivity index (χ2n) is 13.8. The molecule has 7 rings (SSSR count). The van der Waals surface area contributed by atoms with E-state index in [2.05, 4.69) is 5.32 Å². The van der Waals surface area contributed by atoms with Crippen molar-refractivity contribution in [1.29, 1.82) is 0 Å². The summed E-state index contributed by atoms with van der Waals surface area (Å²) in [5.74, 6) is 0.828. The highest BCUT2D eigenvalue weighted by Crippen LogP contribution is 2.28. The summed E-state index contributed by atoms with van der Waals surface area (Å²) in [6, 6.07) is 24.7. The smallest absolute Gasteiger partial charge is 0.407 e. The second-order valence-corrected chi connectivity index (χ2v) is 14.2. The van der Waals surface area contributed by atoms with Crippen molar-refractivity contribution in [1.82, 2.24) is 34.0 Å². The topological polar surface area (TPSA) is 129 Å². The van der Waals surface area contributed by atoms with Gasteiger partial charge in [0.25, 0.3) is 5.56 Å². The SMILES string of the molecule is Cn1c(=O)n(Cc2nc(-c3ccccc3)c3ccccc3n2)c(=O)c2c1nc(N1CCC[C@@H](NC(=O)OC(C)(C)C)C1)n2Cc1ccccc1Cl. The van der Waals surface area contributed by atoms with Crippen molar-refractivity contribution in [3.05, 3.63) is 116 Å². The number of nitrogens with zero attached hydrogens (tertiary/aromatic N) is 7. The maximum absolute atomic E-state index is 14.6. The predicted octanol–water partition coefficient (Wildman–Crippen LogP) is 5.75. The number of fused-ring (bicyclic) bond motifs is 2. The van der Waals surface area contributed by atoms with Gasteiger partial charge < -0.3 is 15.0 Å². The Balaban J connectivity index is 1.34. The number of amides is 1. The first-order chi connectivity index (χ1) is 24.5. The molecule has 1 amide bonds. The predicted molar refractivity (Wildman–Crippen MR) is 198 cm³/mol. The van der Waals surface area contributed by atoms with E-state index < -0.39 is 22.9 Å². The maximum Gasteiger partial charge on any atom is 0.407 e. The molecule has 1 atom stereocenters. The van der Waals surface area contributed by atoms with Crippen LogP contribution in [0.2, 0.25) is 5.02 Å². The molecule has 0 spiro atoms. The van der Waals surface area contributed by atoms with Crippen LogP contribution >= 0.6 is 11.6 Å². The molecular weight excluding hydrogens is 668 g/mol. The standard InChI is InChI=1S/C38H39ClN8O4/c1-38(2,3)51-36(49)40-26-16-12-20-45(22-26)35-43-33-32(46(35)21-25-15-8-10-18-28(25)39)34(48)47(37(50)44(33)4)23-30-41-29-19-11-9-17-27(29)31(42-30)24-13-6-5-7-14-24/h5-11,13-15,17-19,26H,12,16,20-23H2,1-4H3,(H,40,49)/t26-/m1/s1. The minimum atomic E-state index is -0.632. The first-order valence-electron chi connectivity index (χ1n) is 17.0. The van der Waals surface area contributed by atoms with Gasteiger partial charge in [0, 0.05) is 42.2 Å². The number of carbonyl (C=O) groups is 1. The lowest BCUT2D eigenvalue weighted by Crippen LogP contribution is -2.49. The molecule has 1 fully saturated rings. The third kappa shape index (κ3) is 6.96. The lowest BCUT2D eigenvalue weighted by molar-refractivity contribution is 0.0499. The zero-order chi connectivity index (χ0) is 35.9. The molecule has 51 heavy (non-hydrogen) atoms. The molecule has 3 aromatic heterocycles. The number of benzene rings is 3. The normalized spacial score (nSPS) is 15.0. The van der Waals surface area contributed by atoms with Crippen molar-refractivity contribution in [2.75, 3.05) is 18.0 Å². The molecular formula is C38H39ClN8O4.